The van der Waals surface area contributed by atoms with Crippen LogP contribution in [-0.2, 0) is 4.79 Å². The molecule has 0 bridgehead atoms. The smallest absolute Gasteiger partial charge is 0.250 e. The minimum Gasteiger partial charge on any atom is -0.335 e. The van der Waals surface area contributed by atoms with Crippen LogP contribution in [0.25, 0.3) is 0 Å². The fourth-order valence-corrected chi connectivity index (χ4v) is 1.84. The molecule has 2 rings (SSSR count). The molecule has 0 saturated carbocycles. The first-order chi connectivity index (χ1) is 8.61. The lowest BCUT2D eigenvalue weighted by molar-refractivity contribution is -0.131. The summed E-state index contributed by atoms with van der Waals surface area (Å²) >= 11 is 0. The van der Waals surface area contributed by atoms with Crippen LogP contribution in [0.4, 0.5) is 0 Å². The third kappa shape index (κ3) is 2.88. The molecule has 0 N–H and O–H groups in total. The molecule has 1 aromatic heterocycles. The number of nitrogens with zero attached hydrogens (tertiary/aromatic N) is 2. The molecule has 4 heteroatoms. The zero-order valence-corrected chi connectivity index (χ0v) is 11.2. The topological polar surface area (TPSA) is 42.3 Å². The van der Waals surface area contributed by atoms with Crippen molar-refractivity contribution in [1.29, 1.82) is 0 Å². The van der Waals surface area contributed by atoms with E-state index in [9.17, 15) is 9.59 Å². The number of aromatic nitrogens is 1. The van der Waals surface area contributed by atoms with Crippen molar-refractivity contribution in [2.45, 2.75) is 26.8 Å². The lowest BCUT2D eigenvalue weighted by atomic mass is 10.1. The van der Waals surface area contributed by atoms with Gasteiger partial charge in [-0.15, -0.1) is 0 Å². The average Bonchev–Trinajstić information content (AvgIpc) is 2.34. The monoisotopic (exact) mass is 248 g/mol. The van der Waals surface area contributed by atoms with Gasteiger partial charge in [0, 0.05) is 25.4 Å². The van der Waals surface area contributed by atoms with E-state index >= 15 is 0 Å². The lowest BCUT2D eigenvalue weighted by Crippen LogP contribution is -2.52. The molecule has 2 heterocycles. The number of aryl methyl sites for hydroxylation is 1. The number of hydrogen-bond donors (Lipinski definition) is 0. The van der Waals surface area contributed by atoms with Gasteiger partial charge in [-0.05, 0) is 18.6 Å². The van der Waals surface area contributed by atoms with Gasteiger partial charge in [-0.1, -0.05) is 26.5 Å². The summed E-state index contributed by atoms with van der Waals surface area (Å²) in [6.07, 6.45) is 3.14. The predicted molar refractivity (Wildman–Crippen MR) is 72.6 cm³/mol. The molecule has 0 unspecified atom stereocenters. The van der Waals surface area contributed by atoms with E-state index in [0.717, 1.165) is 5.56 Å². The minimum absolute atomic E-state index is 0.0127. The van der Waals surface area contributed by atoms with Gasteiger partial charge >= 0.3 is 0 Å². The highest BCUT2D eigenvalue weighted by Gasteiger charge is 2.30. The second-order valence-electron chi connectivity index (χ2n) is 4.05. The number of likely N-dealkylation sites (tertiary alicyclic amines) is 1. The summed E-state index contributed by atoms with van der Waals surface area (Å²) in [7, 11) is 0. The second-order valence-corrected chi connectivity index (χ2v) is 4.05. The van der Waals surface area contributed by atoms with E-state index in [1.54, 1.807) is 21.6 Å². The number of hydrogen-bond acceptors (Lipinski definition) is 2. The van der Waals surface area contributed by atoms with Crippen LogP contribution in [-0.4, -0.2) is 28.5 Å². The normalized spacial score (nSPS) is 14.3. The summed E-state index contributed by atoms with van der Waals surface area (Å²) in [4.78, 5) is 24.5. The van der Waals surface area contributed by atoms with E-state index in [0.29, 0.717) is 13.1 Å². The van der Waals surface area contributed by atoms with Crippen molar-refractivity contribution in [3.05, 3.63) is 46.9 Å². The van der Waals surface area contributed by atoms with Crippen molar-refractivity contribution < 1.29 is 4.79 Å². The van der Waals surface area contributed by atoms with Crippen LogP contribution in [0, 0.1) is 6.92 Å². The highest BCUT2D eigenvalue weighted by molar-refractivity contribution is 5.87. The minimum atomic E-state index is -0.0723. The Bertz CT molecular complexity index is 485. The average molecular weight is 248 g/mol. The molecule has 1 fully saturated rings. The molecule has 0 aliphatic carbocycles. The van der Waals surface area contributed by atoms with Crippen LogP contribution >= 0.6 is 0 Å². The highest BCUT2D eigenvalue weighted by Crippen LogP contribution is 2.19. The van der Waals surface area contributed by atoms with Gasteiger partial charge in [0.25, 0.3) is 5.56 Å². The molecule has 4 nitrogen and oxygen atoms in total. The first-order valence-corrected chi connectivity index (χ1v) is 6.22. The third-order valence-corrected chi connectivity index (χ3v) is 2.83. The summed E-state index contributed by atoms with van der Waals surface area (Å²) in [5.41, 5.74) is 1.04. The highest BCUT2D eigenvalue weighted by atomic mass is 16.2. The van der Waals surface area contributed by atoms with Crippen LogP contribution in [0.3, 0.4) is 0 Å². The van der Waals surface area contributed by atoms with Crippen LogP contribution in [0.2, 0.25) is 0 Å². The molecular formula is C14H20N2O2. The molecule has 1 aliphatic heterocycles. The Kier molecular flexibility index (Phi) is 4.89. The van der Waals surface area contributed by atoms with E-state index < -0.39 is 0 Å². The first-order valence-electron chi connectivity index (χ1n) is 6.22. The van der Waals surface area contributed by atoms with Gasteiger partial charge in [0.1, 0.15) is 0 Å². The van der Waals surface area contributed by atoms with E-state index in [1.165, 1.54) is 6.08 Å². The van der Waals surface area contributed by atoms with Crippen molar-refractivity contribution in [3.8, 4) is 0 Å². The van der Waals surface area contributed by atoms with Gasteiger partial charge in [0.15, 0.2) is 0 Å². The van der Waals surface area contributed by atoms with Crippen LogP contribution < -0.4 is 5.56 Å². The SMILES string of the molecule is C=CC(=O)N1CC(n2cc(C)ccc2=O)C1.CC. The summed E-state index contributed by atoms with van der Waals surface area (Å²) in [6, 6.07) is 3.47. The number of amides is 1. The van der Waals surface area contributed by atoms with Crippen LogP contribution in [0.5, 0.6) is 0 Å². The Hall–Kier alpha value is -1.84. The fraction of sp³-hybridized carbons (Fsp3) is 0.429. The van der Waals surface area contributed by atoms with Gasteiger partial charge in [-0.25, -0.2) is 0 Å². The van der Waals surface area contributed by atoms with E-state index in [2.05, 4.69) is 6.58 Å². The largest absolute Gasteiger partial charge is 0.335 e. The van der Waals surface area contributed by atoms with Gasteiger partial charge < -0.3 is 9.47 Å². The Labute approximate surface area is 108 Å². The maximum atomic E-state index is 11.6. The number of carbonyl (C=O) groups is 1. The van der Waals surface area contributed by atoms with Gasteiger partial charge in [-0.3, -0.25) is 9.59 Å². The van der Waals surface area contributed by atoms with Crippen molar-refractivity contribution in [3.63, 3.8) is 0 Å². The Morgan fingerprint density at radius 2 is 2.00 bits per heavy atom. The lowest BCUT2D eigenvalue weighted by Gasteiger charge is -2.39. The molecule has 0 atom stereocenters. The number of pyridine rings is 1. The maximum Gasteiger partial charge on any atom is 0.250 e. The van der Waals surface area contributed by atoms with Crippen molar-refractivity contribution in [2.75, 3.05) is 13.1 Å². The van der Waals surface area contributed by atoms with Crippen molar-refractivity contribution >= 4 is 5.91 Å². The van der Waals surface area contributed by atoms with Gasteiger partial charge in [0.2, 0.25) is 5.91 Å². The third-order valence-electron chi connectivity index (χ3n) is 2.83. The summed E-state index contributed by atoms with van der Waals surface area (Å²) < 4.78 is 1.70. The van der Waals surface area contributed by atoms with Gasteiger partial charge in [0.05, 0.1) is 6.04 Å². The second kappa shape index (κ2) is 6.19. The quantitative estimate of drug-likeness (QED) is 0.748. The molecule has 1 amide bonds. The zero-order chi connectivity index (χ0) is 13.7. The summed E-state index contributed by atoms with van der Waals surface area (Å²) in [6.45, 7) is 10.6. The Morgan fingerprint density at radius 3 is 2.56 bits per heavy atom. The number of carbonyl (C=O) groups excluding carboxylic acids is 1. The Morgan fingerprint density at radius 1 is 1.39 bits per heavy atom. The standard InChI is InChI=1S/C12H14N2O2.C2H6/c1-3-11(15)13-7-10(8-13)14-6-9(2)4-5-12(14)16;1-2/h3-6,10H,1,7-8H2,2H3;1-2H3. The Balaban J connectivity index is 0.000000771. The molecule has 0 spiro atoms. The molecular weight excluding hydrogens is 228 g/mol. The van der Waals surface area contributed by atoms with Crippen molar-refractivity contribution in [2.24, 2.45) is 0 Å². The molecule has 1 aliphatic rings. The molecule has 0 radical (unpaired) electrons. The molecule has 1 aromatic rings. The summed E-state index contributed by atoms with van der Waals surface area (Å²) in [5.74, 6) is -0.0723. The van der Waals surface area contributed by atoms with E-state index in [-0.39, 0.29) is 17.5 Å². The predicted octanol–water partition coefficient (Wildman–Crippen LogP) is 1.75. The van der Waals surface area contributed by atoms with Crippen molar-refractivity contribution in [1.82, 2.24) is 9.47 Å². The van der Waals surface area contributed by atoms with E-state index in [1.807, 2.05) is 27.0 Å². The molecule has 18 heavy (non-hydrogen) atoms. The number of rotatable bonds is 2. The zero-order valence-electron chi connectivity index (χ0n) is 11.2. The van der Waals surface area contributed by atoms with Crippen LogP contribution in [0.1, 0.15) is 25.5 Å². The summed E-state index contributed by atoms with van der Waals surface area (Å²) in [5, 5.41) is 0. The molecule has 0 aromatic carbocycles. The van der Waals surface area contributed by atoms with Gasteiger partial charge in [-0.2, -0.15) is 0 Å². The molecule has 1 saturated heterocycles. The first kappa shape index (κ1) is 14.2. The fourth-order valence-electron chi connectivity index (χ4n) is 1.84. The van der Waals surface area contributed by atoms with Crippen LogP contribution in [0.15, 0.2) is 35.8 Å². The van der Waals surface area contributed by atoms with E-state index in [4.69, 9.17) is 0 Å². The molecule has 98 valence electrons. The maximum absolute atomic E-state index is 11.6.